The zero-order valence-corrected chi connectivity index (χ0v) is 11.9. The molecule has 0 bridgehead atoms. The minimum Gasteiger partial charge on any atom is -0.308 e. The molecule has 0 saturated carbocycles. The molecule has 2 aromatic heterocycles. The Kier molecular flexibility index (Phi) is 4.43. The molecular formula is C12H19N5S. The fraction of sp³-hybridized carbons (Fsp3) is 0.583. The van der Waals surface area contributed by atoms with Gasteiger partial charge in [-0.2, -0.15) is 13.8 Å². The second-order valence-corrected chi connectivity index (χ2v) is 5.00. The van der Waals surface area contributed by atoms with E-state index in [-0.39, 0.29) is 6.04 Å². The highest BCUT2D eigenvalue weighted by Gasteiger charge is 2.16. The van der Waals surface area contributed by atoms with Crippen molar-refractivity contribution in [1.29, 1.82) is 0 Å². The van der Waals surface area contributed by atoms with E-state index in [0.717, 1.165) is 30.8 Å². The van der Waals surface area contributed by atoms with Crippen LogP contribution in [0, 0.1) is 6.92 Å². The van der Waals surface area contributed by atoms with E-state index < -0.39 is 0 Å². The molecule has 2 heterocycles. The molecule has 98 valence electrons. The van der Waals surface area contributed by atoms with Gasteiger partial charge in [0.1, 0.15) is 0 Å². The van der Waals surface area contributed by atoms with Crippen LogP contribution in [0.1, 0.15) is 36.5 Å². The predicted molar refractivity (Wildman–Crippen MR) is 72.6 cm³/mol. The van der Waals surface area contributed by atoms with E-state index in [0.29, 0.717) is 0 Å². The fourth-order valence-electron chi connectivity index (χ4n) is 1.99. The number of aromatic nitrogens is 4. The van der Waals surface area contributed by atoms with E-state index in [4.69, 9.17) is 0 Å². The lowest BCUT2D eigenvalue weighted by molar-refractivity contribution is 0.504. The first kappa shape index (κ1) is 13.2. The molecule has 0 saturated heterocycles. The van der Waals surface area contributed by atoms with Gasteiger partial charge in [-0.05, 0) is 26.0 Å². The molecular weight excluding hydrogens is 246 g/mol. The summed E-state index contributed by atoms with van der Waals surface area (Å²) in [6, 6.07) is 2.35. The summed E-state index contributed by atoms with van der Waals surface area (Å²) in [6.45, 7) is 5.17. The maximum Gasteiger partial charge on any atom is 0.0916 e. The van der Waals surface area contributed by atoms with Crippen molar-refractivity contribution >= 4 is 11.7 Å². The van der Waals surface area contributed by atoms with Crippen LogP contribution in [0.4, 0.5) is 0 Å². The molecule has 0 spiro atoms. The minimum absolute atomic E-state index is 0.221. The molecule has 0 aliphatic rings. The van der Waals surface area contributed by atoms with Gasteiger partial charge in [0, 0.05) is 19.2 Å². The van der Waals surface area contributed by atoms with Crippen molar-refractivity contribution in [2.75, 3.05) is 6.54 Å². The quantitative estimate of drug-likeness (QED) is 0.866. The number of nitrogens with zero attached hydrogens (tertiary/aromatic N) is 4. The predicted octanol–water partition coefficient (Wildman–Crippen LogP) is 1.86. The van der Waals surface area contributed by atoms with Gasteiger partial charge in [0.2, 0.25) is 0 Å². The first-order valence-corrected chi connectivity index (χ1v) is 6.94. The van der Waals surface area contributed by atoms with E-state index in [1.807, 2.05) is 24.9 Å². The Balaban J connectivity index is 2.12. The lowest BCUT2D eigenvalue weighted by Gasteiger charge is -2.15. The Morgan fingerprint density at radius 2 is 2.33 bits per heavy atom. The van der Waals surface area contributed by atoms with E-state index >= 15 is 0 Å². The third-order valence-corrected chi connectivity index (χ3v) is 3.38. The molecule has 2 rings (SSSR count). The van der Waals surface area contributed by atoms with Crippen molar-refractivity contribution in [3.63, 3.8) is 0 Å². The molecule has 0 aromatic carbocycles. The highest BCUT2D eigenvalue weighted by atomic mass is 32.1. The Hall–Kier alpha value is -1.27. The average Bonchev–Trinajstić information content (AvgIpc) is 2.95. The Morgan fingerprint density at radius 3 is 2.89 bits per heavy atom. The maximum atomic E-state index is 4.38. The van der Waals surface area contributed by atoms with Crippen LogP contribution in [0.25, 0.3) is 0 Å². The van der Waals surface area contributed by atoms with Gasteiger partial charge in [0.15, 0.2) is 0 Å². The minimum atomic E-state index is 0.221. The van der Waals surface area contributed by atoms with Gasteiger partial charge in [-0.25, -0.2) is 0 Å². The largest absolute Gasteiger partial charge is 0.308 e. The van der Waals surface area contributed by atoms with E-state index in [1.165, 1.54) is 17.4 Å². The van der Waals surface area contributed by atoms with Gasteiger partial charge in [-0.3, -0.25) is 4.68 Å². The summed E-state index contributed by atoms with van der Waals surface area (Å²) in [5.74, 6) is 0. The summed E-state index contributed by atoms with van der Waals surface area (Å²) in [5.41, 5.74) is 3.29. The standard InChI is InChI=1S/C12H19N5S/c1-4-5-13-11(12-8-14-18-16-12)7-10-6-9(2)15-17(10)3/h6,8,11,13H,4-5,7H2,1-3H3. The zero-order valence-electron chi connectivity index (χ0n) is 11.1. The second kappa shape index (κ2) is 6.06. The third-order valence-electron chi connectivity index (χ3n) is 2.89. The average molecular weight is 265 g/mol. The number of nitrogens with one attached hydrogen (secondary N) is 1. The monoisotopic (exact) mass is 265 g/mol. The van der Waals surface area contributed by atoms with Gasteiger partial charge in [-0.1, -0.05) is 6.92 Å². The summed E-state index contributed by atoms with van der Waals surface area (Å²) in [7, 11) is 1.98. The summed E-state index contributed by atoms with van der Waals surface area (Å²) in [6.07, 6.45) is 3.85. The van der Waals surface area contributed by atoms with Crippen molar-refractivity contribution in [2.24, 2.45) is 7.05 Å². The molecule has 1 N–H and O–H groups in total. The number of hydrogen-bond donors (Lipinski definition) is 1. The highest BCUT2D eigenvalue weighted by Crippen LogP contribution is 2.17. The Labute approximate surface area is 112 Å². The summed E-state index contributed by atoms with van der Waals surface area (Å²) in [5, 5.41) is 7.90. The molecule has 1 atom stereocenters. The van der Waals surface area contributed by atoms with Crippen molar-refractivity contribution in [3.8, 4) is 0 Å². The molecule has 6 heteroatoms. The van der Waals surface area contributed by atoms with Crippen molar-refractivity contribution < 1.29 is 0 Å². The highest BCUT2D eigenvalue weighted by molar-refractivity contribution is 6.99. The van der Waals surface area contributed by atoms with Gasteiger partial charge in [-0.15, -0.1) is 0 Å². The molecule has 0 amide bonds. The topological polar surface area (TPSA) is 55.6 Å². The Bertz CT molecular complexity index is 477. The third kappa shape index (κ3) is 3.14. The normalized spacial score (nSPS) is 12.8. The molecule has 5 nitrogen and oxygen atoms in total. The van der Waals surface area contributed by atoms with Crippen molar-refractivity contribution in [3.05, 3.63) is 29.3 Å². The van der Waals surface area contributed by atoms with Crippen LogP contribution >= 0.6 is 11.7 Å². The molecule has 0 fully saturated rings. The van der Waals surface area contributed by atoms with E-state index in [2.05, 4.69) is 32.2 Å². The number of hydrogen-bond acceptors (Lipinski definition) is 5. The van der Waals surface area contributed by atoms with Crippen LogP contribution in [0.5, 0.6) is 0 Å². The first-order chi connectivity index (χ1) is 8.70. The van der Waals surface area contributed by atoms with Crippen LogP contribution in [0.2, 0.25) is 0 Å². The van der Waals surface area contributed by atoms with Crippen LogP contribution < -0.4 is 5.32 Å². The summed E-state index contributed by atoms with van der Waals surface area (Å²) >= 11 is 1.26. The van der Waals surface area contributed by atoms with Gasteiger partial charge in [0.25, 0.3) is 0 Å². The first-order valence-electron chi connectivity index (χ1n) is 6.21. The van der Waals surface area contributed by atoms with Gasteiger partial charge in [0.05, 0.1) is 35.4 Å². The molecule has 18 heavy (non-hydrogen) atoms. The van der Waals surface area contributed by atoms with Crippen LogP contribution in [-0.2, 0) is 13.5 Å². The van der Waals surface area contributed by atoms with Gasteiger partial charge < -0.3 is 5.32 Å². The van der Waals surface area contributed by atoms with Crippen molar-refractivity contribution in [2.45, 2.75) is 32.7 Å². The molecule has 0 radical (unpaired) electrons. The summed E-state index contributed by atoms with van der Waals surface area (Å²) in [4.78, 5) is 0. The molecule has 1 unspecified atom stereocenters. The Morgan fingerprint density at radius 1 is 1.50 bits per heavy atom. The van der Waals surface area contributed by atoms with Crippen LogP contribution in [-0.4, -0.2) is 25.1 Å². The molecule has 2 aromatic rings. The van der Waals surface area contributed by atoms with Crippen LogP contribution in [0.3, 0.4) is 0 Å². The maximum absolute atomic E-state index is 4.38. The lowest BCUT2D eigenvalue weighted by atomic mass is 10.1. The lowest BCUT2D eigenvalue weighted by Crippen LogP contribution is -2.25. The molecule has 0 aliphatic heterocycles. The summed E-state index contributed by atoms with van der Waals surface area (Å²) < 4.78 is 10.4. The zero-order chi connectivity index (χ0) is 13.0. The van der Waals surface area contributed by atoms with Crippen LogP contribution in [0.15, 0.2) is 12.3 Å². The smallest absolute Gasteiger partial charge is 0.0916 e. The fourth-order valence-corrected chi connectivity index (χ4v) is 2.46. The van der Waals surface area contributed by atoms with Gasteiger partial charge >= 0.3 is 0 Å². The number of aryl methyl sites for hydroxylation is 2. The second-order valence-electron chi connectivity index (χ2n) is 4.44. The SMILES string of the molecule is CCCNC(Cc1cc(C)nn1C)c1cnsn1. The van der Waals surface area contributed by atoms with Crippen molar-refractivity contribution in [1.82, 2.24) is 23.8 Å². The number of rotatable bonds is 6. The van der Waals surface area contributed by atoms with E-state index in [1.54, 1.807) is 0 Å². The van der Waals surface area contributed by atoms with E-state index in [9.17, 15) is 0 Å². The molecule has 0 aliphatic carbocycles.